The summed E-state index contributed by atoms with van der Waals surface area (Å²) in [6, 6.07) is 16.4. The van der Waals surface area contributed by atoms with Crippen LogP contribution in [0.4, 0.5) is 30.4 Å². The van der Waals surface area contributed by atoms with Gasteiger partial charge in [-0.2, -0.15) is 18.2 Å². The lowest BCUT2D eigenvalue weighted by molar-refractivity contribution is -0.384. The fourth-order valence-corrected chi connectivity index (χ4v) is 9.38. The normalized spacial score (nSPS) is 25.5. The Morgan fingerprint density at radius 3 is 2.37 bits per heavy atom. The van der Waals surface area contributed by atoms with Crippen LogP contribution in [0.25, 0.3) is 0 Å². The zero-order chi connectivity index (χ0) is 40.7. The molecule has 0 radical (unpaired) electrons. The van der Waals surface area contributed by atoms with E-state index in [-0.39, 0.29) is 35.7 Å². The number of non-ortho nitro benzene ring substituents is 1. The van der Waals surface area contributed by atoms with E-state index in [4.69, 9.17) is 27.9 Å². The van der Waals surface area contributed by atoms with E-state index in [2.05, 4.69) is 10.4 Å². The number of carbonyl (C=O) groups excluding carboxylic acids is 4. The number of phenolic OH excluding ortho intramolecular Hbond substituents is 1. The molecule has 2 aliphatic carbocycles. The van der Waals surface area contributed by atoms with Gasteiger partial charge in [-0.3, -0.25) is 34.7 Å². The molecule has 4 aliphatic rings. The predicted octanol–water partition coefficient (Wildman–Crippen LogP) is 7.22. The van der Waals surface area contributed by atoms with Gasteiger partial charge in [0.15, 0.2) is 17.3 Å². The molecular formula is C39H28Cl2F3N5O8. The van der Waals surface area contributed by atoms with E-state index in [1.165, 1.54) is 49.6 Å². The largest absolute Gasteiger partial charge is 0.504 e. The second kappa shape index (κ2) is 13.6. The lowest BCUT2D eigenvalue weighted by Gasteiger charge is -2.50. The maximum Gasteiger partial charge on any atom is 0.417 e. The van der Waals surface area contributed by atoms with E-state index in [1.807, 2.05) is 0 Å². The number of amides is 4. The van der Waals surface area contributed by atoms with Crippen LogP contribution in [0.1, 0.15) is 35.4 Å². The molecule has 0 bridgehead atoms. The minimum atomic E-state index is -4.79. The molecule has 1 saturated carbocycles. The fourth-order valence-electron chi connectivity index (χ4n) is 9.04. The summed E-state index contributed by atoms with van der Waals surface area (Å²) >= 11 is 12.5. The van der Waals surface area contributed by atoms with Crippen molar-refractivity contribution in [2.45, 2.75) is 30.4 Å². The summed E-state index contributed by atoms with van der Waals surface area (Å²) in [6.07, 6.45) is -2.66. The summed E-state index contributed by atoms with van der Waals surface area (Å²) in [5.74, 6) is -8.76. The Bertz CT molecular complexity index is 2450. The number of rotatable bonds is 7. The van der Waals surface area contributed by atoms with Crippen molar-refractivity contribution in [3.05, 3.63) is 127 Å². The molecule has 0 unspecified atom stereocenters. The highest BCUT2D eigenvalue weighted by molar-refractivity contribution is 6.33. The summed E-state index contributed by atoms with van der Waals surface area (Å²) in [5, 5.41) is 23.1. The molecule has 0 spiro atoms. The maximum atomic E-state index is 15.3. The number of methoxy groups -OCH3 is 1. The molecule has 292 valence electrons. The minimum absolute atomic E-state index is 0.00140. The minimum Gasteiger partial charge on any atom is -0.504 e. The Labute approximate surface area is 330 Å². The van der Waals surface area contributed by atoms with Gasteiger partial charge in [-0.05, 0) is 66.3 Å². The highest BCUT2D eigenvalue weighted by Gasteiger charge is 2.70. The van der Waals surface area contributed by atoms with E-state index >= 15 is 4.79 Å². The Morgan fingerprint density at radius 1 is 0.982 bits per heavy atom. The average molecular weight is 823 g/mol. The second-order valence-corrected chi connectivity index (χ2v) is 15.0. The number of imide groups is 2. The molecule has 6 atom stereocenters. The van der Waals surface area contributed by atoms with E-state index < -0.39 is 86.1 Å². The fraction of sp³-hybridized carbons (Fsp3) is 0.256. The van der Waals surface area contributed by atoms with Gasteiger partial charge in [0.25, 0.3) is 17.5 Å². The van der Waals surface area contributed by atoms with E-state index in [9.17, 15) is 42.8 Å². The lowest BCUT2D eigenvalue weighted by atomic mass is 9.49. The number of aromatic hydroxyl groups is 1. The number of halogens is 5. The molecule has 1 aromatic heterocycles. The number of nitrogens with one attached hydrogen (secondary N) is 1. The topological polar surface area (TPSA) is 172 Å². The molecule has 13 nitrogen and oxygen atoms in total. The van der Waals surface area contributed by atoms with Crippen molar-refractivity contribution in [3.8, 4) is 11.5 Å². The number of carbonyl (C=O) groups is 4. The van der Waals surface area contributed by atoms with E-state index in [0.29, 0.717) is 39.0 Å². The molecule has 2 N–H and O–H groups in total. The molecule has 3 heterocycles. The summed E-state index contributed by atoms with van der Waals surface area (Å²) in [7, 11) is 1.35. The lowest BCUT2D eigenvalue weighted by Crippen LogP contribution is -2.53. The third kappa shape index (κ3) is 5.79. The number of hydrogen-bond donors (Lipinski definition) is 2. The number of phenols is 1. The number of hydrogen-bond acceptors (Lipinski definition) is 10. The Balaban J connectivity index is 1.31. The first-order chi connectivity index (χ1) is 27.1. The number of nitro benzene ring substituents is 1. The van der Waals surface area contributed by atoms with Crippen LogP contribution in [0.3, 0.4) is 0 Å². The molecule has 4 aromatic rings. The van der Waals surface area contributed by atoms with Gasteiger partial charge >= 0.3 is 6.18 Å². The smallest absolute Gasteiger partial charge is 0.417 e. The third-order valence-corrected chi connectivity index (χ3v) is 11.9. The summed E-state index contributed by atoms with van der Waals surface area (Å²) < 4.78 is 45.7. The van der Waals surface area contributed by atoms with Gasteiger partial charge < -0.3 is 9.84 Å². The zero-order valence-electron chi connectivity index (χ0n) is 29.4. The number of pyridine rings is 1. The van der Waals surface area contributed by atoms with Crippen molar-refractivity contribution >= 4 is 64.0 Å². The molecule has 3 fully saturated rings. The van der Waals surface area contributed by atoms with Crippen LogP contribution in [-0.4, -0.2) is 50.8 Å². The molecule has 3 aromatic carbocycles. The van der Waals surface area contributed by atoms with E-state index in [0.717, 1.165) is 11.0 Å². The van der Waals surface area contributed by atoms with Gasteiger partial charge in [0, 0.05) is 29.3 Å². The van der Waals surface area contributed by atoms with Gasteiger partial charge in [-0.25, -0.2) is 9.88 Å². The van der Waals surface area contributed by atoms with Crippen molar-refractivity contribution in [2.75, 3.05) is 17.4 Å². The standard InChI is InChI=1S/C39H28Cl2F3N5O8/c1-57-30-12-5-18(13-29(30)50)32-24-10-11-25-31(36(53)47(34(25)51)22-3-2-4-23(15-22)49(55)56)26(24)16-27-35(52)48(37(54)38(27,32)19-6-8-21(40)9-7-19)46-33-28(41)14-20(17-45-33)39(42,43)44/h2-10,12-15,17,25-27,31-32,50H,11,16H2,1H3,(H,45,46)/t25-,26+,27-,31-,32-,38+/m0/s1. The average Bonchev–Trinajstić information content (AvgIpc) is 3.56. The first-order valence-corrected chi connectivity index (χ1v) is 18.2. The predicted molar refractivity (Wildman–Crippen MR) is 197 cm³/mol. The number of ether oxygens (including phenoxy) is 1. The molecule has 8 rings (SSSR count). The summed E-state index contributed by atoms with van der Waals surface area (Å²) in [6.45, 7) is 0. The SMILES string of the molecule is COc1ccc([C@H]2C3=CC[C@@H]4C(=O)N(c5cccc([N+](=O)[O-])c5)C(=O)[C@@H]4[C@@H]3C[C@H]3C(=O)N(Nc4ncc(C(F)(F)F)cc4Cl)C(=O)[C@@]23c2ccc(Cl)cc2)cc1O. The first kappa shape index (κ1) is 37.9. The van der Waals surface area contributed by atoms with Crippen LogP contribution in [0, 0.1) is 33.8 Å². The van der Waals surface area contributed by atoms with Crippen molar-refractivity contribution in [1.29, 1.82) is 0 Å². The number of alkyl halides is 3. The van der Waals surface area contributed by atoms with Crippen molar-refractivity contribution in [1.82, 2.24) is 9.99 Å². The Kier molecular flexibility index (Phi) is 9.03. The van der Waals surface area contributed by atoms with Crippen LogP contribution >= 0.6 is 23.2 Å². The molecule has 2 aliphatic heterocycles. The van der Waals surface area contributed by atoms with Crippen LogP contribution in [0.15, 0.2) is 90.6 Å². The summed E-state index contributed by atoms with van der Waals surface area (Å²) in [4.78, 5) is 74.3. The van der Waals surface area contributed by atoms with E-state index in [1.54, 1.807) is 24.3 Å². The van der Waals surface area contributed by atoms with Crippen molar-refractivity contribution in [2.24, 2.45) is 23.7 Å². The van der Waals surface area contributed by atoms with Crippen LogP contribution in [0.5, 0.6) is 11.5 Å². The van der Waals surface area contributed by atoms with Gasteiger partial charge in [0.05, 0.1) is 51.5 Å². The van der Waals surface area contributed by atoms with Gasteiger partial charge in [-0.15, -0.1) is 0 Å². The number of nitro groups is 1. The number of nitrogens with zero attached hydrogens (tertiary/aromatic N) is 4. The monoisotopic (exact) mass is 821 g/mol. The van der Waals surface area contributed by atoms with Crippen molar-refractivity contribution < 1.29 is 47.1 Å². The molecule has 18 heteroatoms. The third-order valence-electron chi connectivity index (χ3n) is 11.4. The van der Waals surface area contributed by atoms with Crippen LogP contribution in [0.2, 0.25) is 10.0 Å². The van der Waals surface area contributed by atoms with Crippen LogP contribution < -0.4 is 15.1 Å². The van der Waals surface area contributed by atoms with Gasteiger partial charge in [-0.1, -0.05) is 59.1 Å². The number of benzene rings is 3. The first-order valence-electron chi connectivity index (χ1n) is 17.4. The molecule has 57 heavy (non-hydrogen) atoms. The van der Waals surface area contributed by atoms with Crippen LogP contribution in [-0.2, 0) is 30.8 Å². The van der Waals surface area contributed by atoms with Gasteiger partial charge in [0.2, 0.25) is 11.8 Å². The Hall–Kier alpha value is -6.00. The Morgan fingerprint density at radius 2 is 1.72 bits per heavy atom. The second-order valence-electron chi connectivity index (χ2n) is 14.1. The number of anilines is 2. The highest BCUT2D eigenvalue weighted by atomic mass is 35.5. The summed E-state index contributed by atoms with van der Waals surface area (Å²) in [5.41, 5.74) is 0.398. The quantitative estimate of drug-likeness (QED) is 0.0839. The molecule has 2 saturated heterocycles. The zero-order valence-corrected chi connectivity index (χ0v) is 30.9. The highest BCUT2D eigenvalue weighted by Crippen LogP contribution is 2.64. The molecule has 4 amide bonds. The van der Waals surface area contributed by atoms with Crippen molar-refractivity contribution in [3.63, 3.8) is 0 Å². The number of aromatic nitrogens is 1. The number of fused-ring (bicyclic) bond motifs is 4. The number of allylic oxidation sites excluding steroid dienone is 2. The molecular weight excluding hydrogens is 794 g/mol. The number of hydrazine groups is 1. The van der Waals surface area contributed by atoms with Gasteiger partial charge in [0.1, 0.15) is 0 Å². The maximum absolute atomic E-state index is 15.3.